The summed E-state index contributed by atoms with van der Waals surface area (Å²) in [4.78, 5) is 11.9. The lowest BCUT2D eigenvalue weighted by atomic mass is 10.1. The minimum atomic E-state index is -0.507. The van der Waals surface area contributed by atoms with Gasteiger partial charge in [-0.15, -0.1) is 0 Å². The maximum absolute atomic E-state index is 13.5. The molecule has 0 aromatic heterocycles. The van der Waals surface area contributed by atoms with Crippen LogP contribution in [-0.4, -0.2) is 24.7 Å². The Hall–Kier alpha value is -1.42. The number of carbonyl (C=O) groups is 1. The van der Waals surface area contributed by atoms with Gasteiger partial charge >= 0.3 is 0 Å². The molecule has 0 aliphatic heterocycles. The van der Waals surface area contributed by atoms with Crippen LogP contribution in [0.3, 0.4) is 0 Å². The summed E-state index contributed by atoms with van der Waals surface area (Å²) in [6.45, 7) is 8.38. The van der Waals surface area contributed by atoms with Crippen LogP contribution in [0.5, 0.6) is 0 Å². The summed E-state index contributed by atoms with van der Waals surface area (Å²) >= 11 is 0. The van der Waals surface area contributed by atoms with Crippen molar-refractivity contribution in [3.8, 4) is 0 Å². The van der Waals surface area contributed by atoms with Crippen molar-refractivity contribution in [3.05, 3.63) is 35.1 Å². The summed E-state index contributed by atoms with van der Waals surface area (Å²) in [5, 5.41) is 2.69. The third-order valence-electron chi connectivity index (χ3n) is 2.58. The largest absolute Gasteiger partial charge is 0.374 e. The van der Waals surface area contributed by atoms with E-state index in [1.807, 2.05) is 27.7 Å². The van der Waals surface area contributed by atoms with E-state index < -0.39 is 17.3 Å². The number of rotatable bonds is 5. The van der Waals surface area contributed by atoms with Gasteiger partial charge in [-0.1, -0.05) is 11.6 Å². The van der Waals surface area contributed by atoms with Crippen LogP contribution in [0.15, 0.2) is 18.2 Å². The first kappa shape index (κ1) is 14.6. The second-order valence-corrected chi connectivity index (χ2v) is 4.86. The van der Waals surface area contributed by atoms with Gasteiger partial charge in [0, 0.05) is 13.2 Å². The van der Waals surface area contributed by atoms with Gasteiger partial charge in [0.25, 0.3) is 5.91 Å². The van der Waals surface area contributed by atoms with Crippen molar-refractivity contribution < 1.29 is 13.9 Å². The van der Waals surface area contributed by atoms with Crippen LogP contribution < -0.4 is 5.32 Å². The second-order valence-electron chi connectivity index (χ2n) is 4.86. The molecule has 0 fully saturated rings. The second kappa shape index (κ2) is 5.96. The van der Waals surface area contributed by atoms with E-state index in [9.17, 15) is 9.18 Å². The van der Waals surface area contributed by atoms with Crippen molar-refractivity contribution in [2.24, 2.45) is 0 Å². The lowest BCUT2D eigenvalue weighted by Crippen LogP contribution is -2.40. The lowest BCUT2D eigenvalue weighted by Gasteiger charge is -2.24. The van der Waals surface area contributed by atoms with E-state index in [1.54, 1.807) is 12.1 Å². The Morgan fingerprint density at radius 1 is 1.44 bits per heavy atom. The number of nitrogens with one attached hydrogen (secondary N) is 1. The van der Waals surface area contributed by atoms with Crippen molar-refractivity contribution in [1.82, 2.24) is 5.32 Å². The molecule has 0 atom stereocenters. The van der Waals surface area contributed by atoms with Crippen LogP contribution in [0.2, 0.25) is 0 Å². The van der Waals surface area contributed by atoms with E-state index in [2.05, 4.69) is 5.32 Å². The van der Waals surface area contributed by atoms with E-state index >= 15 is 0 Å². The Morgan fingerprint density at radius 2 is 2.11 bits per heavy atom. The number of ether oxygens (including phenoxy) is 1. The monoisotopic (exact) mass is 253 g/mol. The topological polar surface area (TPSA) is 38.3 Å². The van der Waals surface area contributed by atoms with Crippen molar-refractivity contribution in [2.75, 3.05) is 13.2 Å². The molecule has 0 aliphatic rings. The predicted octanol–water partition coefficient (Wildman–Crippen LogP) is 2.68. The molecule has 1 rings (SSSR count). The first-order valence-corrected chi connectivity index (χ1v) is 6.04. The molecule has 0 aliphatic carbocycles. The number of halogens is 1. The molecule has 0 heterocycles. The Morgan fingerprint density at radius 3 is 2.72 bits per heavy atom. The van der Waals surface area contributed by atoms with Gasteiger partial charge in [0.2, 0.25) is 0 Å². The van der Waals surface area contributed by atoms with Crippen molar-refractivity contribution >= 4 is 5.91 Å². The van der Waals surface area contributed by atoms with Crippen LogP contribution in [0, 0.1) is 12.7 Å². The van der Waals surface area contributed by atoms with E-state index in [1.165, 1.54) is 6.07 Å². The fraction of sp³-hybridized carbons (Fsp3) is 0.500. The average molecular weight is 253 g/mol. The molecule has 1 amide bonds. The molecular weight excluding hydrogens is 233 g/mol. The molecule has 0 radical (unpaired) electrons. The normalized spacial score (nSPS) is 11.4. The Bertz CT molecular complexity index is 430. The quantitative estimate of drug-likeness (QED) is 0.876. The van der Waals surface area contributed by atoms with Gasteiger partial charge in [-0.05, 0) is 39.8 Å². The molecule has 0 unspecified atom stereocenters. The SMILES string of the molecule is CCOC(C)(C)CNC(=O)c1cc(C)ccc1F. The minimum Gasteiger partial charge on any atom is -0.374 e. The van der Waals surface area contributed by atoms with E-state index in [0.717, 1.165) is 5.56 Å². The molecule has 4 heteroatoms. The molecule has 18 heavy (non-hydrogen) atoms. The van der Waals surface area contributed by atoms with Crippen molar-refractivity contribution in [2.45, 2.75) is 33.3 Å². The Kier molecular flexibility index (Phi) is 4.84. The molecule has 0 spiro atoms. The van der Waals surface area contributed by atoms with E-state index in [4.69, 9.17) is 4.74 Å². The summed E-state index contributed by atoms with van der Waals surface area (Å²) in [5.41, 5.74) is 0.470. The van der Waals surface area contributed by atoms with Crippen molar-refractivity contribution in [1.29, 1.82) is 0 Å². The summed E-state index contributed by atoms with van der Waals surface area (Å²) in [7, 11) is 0. The van der Waals surface area contributed by atoms with Crippen LogP contribution in [0.1, 0.15) is 36.7 Å². The molecule has 0 saturated heterocycles. The van der Waals surface area contributed by atoms with Crippen LogP contribution in [-0.2, 0) is 4.74 Å². The maximum Gasteiger partial charge on any atom is 0.254 e. The average Bonchev–Trinajstić information content (AvgIpc) is 2.29. The fourth-order valence-electron chi connectivity index (χ4n) is 1.64. The summed E-state index contributed by atoms with van der Waals surface area (Å²) in [6, 6.07) is 4.48. The lowest BCUT2D eigenvalue weighted by molar-refractivity contribution is -0.00818. The predicted molar refractivity (Wildman–Crippen MR) is 69.2 cm³/mol. The van der Waals surface area contributed by atoms with Crippen LogP contribution in [0.25, 0.3) is 0 Å². The molecule has 1 aromatic carbocycles. The molecule has 1 aromatic rings. The zero-order chi connectivity index (χ0) is 13.8. The Labute approximate surface area is 107 Å². The third-order valence-corrected chi connectivity index (χ3v) is 2.58. The maximum atomic E-state index is 13.5. The van der Waals surface area contributed by atoms with Crippen LogP contribution >= 0.6 is 0 Å². The highest BCUT2D eigenvalue weighted by atomic mass is 19.1. The summed E-state index contributed by atoms with van der Waals surface area (Å²) in [6.07, 6.45) is 0. The summed E-state index contributed by atoms with van der Waals surface area (Å²) in [5.74, 6) is -0.920. The molecule has 3 nitrogen and oxygen atoms in total. The highest BCUT2D eigenvalue weighted by Gasteiger charge is 2.20. The highest BCUT2D eigenvalue weighted by Crippen LogP contribution is 2.11. The molecule has 0 bridgehead atoms. The van der Waals surface area contributed by atoms with Gasteiger partial charge in [0.05, 0.1) is 11.2 Å². The minimum absolute atomic E-state index is 0.0716. The van der Waals surface area contributed by atoms with E-state index in [0.29, 0.717) is 13.2 Å². The standard InChI is InChI=1S/C14H20FNO2/c1-5-18-14(3,4)9-16-13(17)11-8-10(2)6-7-12(11)15/h6-8H,5,9H2,1-4H3,(H,16,17). The summed E-state index contributed by atoms with van der Waals surface area (Å²) < 4.78 is 19.0. The molecule has 100 valence electrons. The van der Waals surface area contributed by atoms with Gasteiger partial charge in [0.1, 0.15) is 5.82 Å². The van der Waals surface area contributed by atoms with Crippen molar-refractivity contribution in [3.63, 3.8) is 0 Å². The van der Waals surface area contributed by atoms with E-state index in [-0.39, 0.29) is 5.56 Å². The number of benzene rings is 1. The van der Waals surface area contributed by atoms with Gasteiger partial charge in [-0.25, -0.2) is 4.39 Å². The number of carbonyl (C=O) groups excluding carboxylic acids is 1. The molecule has 1 N–H and O–H groups in total. The molecular formula is C14H20FNO2. The van der Waals surface area contributed by atoms with Gasteiger partial charge in [-0.2, -0.15) is 0 Å². The number of aryl methyl sites for hydroxylation is 1. The zero-order valence-electron chi connectivity index (χ0n) is 11.3. The number of hydrogen-bond donors (Lipinski definition) is 1. The first-order chi connectivity index (χ1) is 8.35. The third kappa shape index (κ3) is 4.11. The fourth-order valence-corrected chi connectivity index (χ4v) is 1.64. The van der Waals surface area contributed by atoms with Gasteiger partial charge in [-0.3, -0.25) is 4.79 Å². The van der Waals surface area contributed by atoms with Crippen LogP contribution in [0.4, 0.5) is 4.39 Å². The number of hydrogen-bond acceptors (Lipinski definition) is 2. The Balaban J connectivity index is 2.69. The first-order valence-electron chi connectivity index (χ1n) is 6.04. The van der Waals surface area contributed by atoms with Gasteiger partial charge in [0.15, 0.2) is 0 Å². The van der Waals surface area contributed by atoms with Gasteiger partial charge < -0.3 is 10.1 Å². The molecule has 0 saturated carbocycles. The number of amides is 1. The zero-order valence-corrected chi connectivity index (χ0v) is 11.3. The highest BCUT2D eigenvalue weighted by molar-refractivity contribution is 5.94. The smallest absolute Gasteiger partial charge is 0.254 e.